The fraction of sp³-hybridized carbons (Fsp3) is 0.846. The molecule has 2 fully saturated rings. The number of aromatic amines is 1. The van der Waals surface area contributed by atoms with Gasteiger partial charge in [-0.1, -0.05) is 19.3 Å². The number of nitrogens with one attached hydrogen (secondary N) is 2. The SMILES string of the molecule is C1CCC(c2nc(N3CCCNCC3)n[nH]2)CC1. The van der Waals surface area contributed by atoms with Gasteiger partial charge in [-0.2, -0.15) is 4.98 Å². The Kier molecular flexibility index (Phi) is 3.78. The minimum atomic E-state index is 0.616. The summed E-state index contributed by atoms with van der Waals surface area (Å²) < 4.78 is 0. The van der Waals surface area contributed by atoms with Crippen LogP contribution in [-0.2, 0) is 0 Å². The zero-order chi connectivity index (χ0) is 12.2. The number of anilines is 1. The first kappa shape index (κ1) is 12.0. The summed E-state index contributed by atoms with van der Waals surface area (Å²) in [4.78, 5) is 7.03. The number of rotatable bonds is 2. The van der Waals surface area contributed by atoms with Gasteiger partial charge in [0.25, 0.3) is 0 Å². The molecule has 100 valence electrons. The predicted octanol–water partition coefficient (Wildman–Crippen LogP) is 1.65. The molecule has 0 atom stereocenters. The molecule has 5 heteroatoms. The largest absolute Gasteiger partial charge is 0.338 e. The maximum absolute atomic E-state index is 4.73. The molecule has 1 aromatic heterocycles. The van der Waals surface area contributed by atoms with E-state index < -0.39 is 0 Å². The van der Waals surface area contributed by atoms with Gasteiger partial charge in [0.15, 0.2) is 0 Å². The molecule has 0 radical (unpaired) electrons. The first-order chi connectivity index (χ1) is 8.93. The predicted molar refractivity (Wildman–Crippen MR) is 71.9 cm³/mol. The van der Waals surface area contributed by atoms with Crippen molar-refractivity contribution in [2.75, 3.05) is 31.1 Å². The van der Waals surface area contributed by atoms with Gasteiger partial charge in [-0.15, -0.1) is 5.10 Å². The first-order valence-corrected chi connectivity index (χ1v) is 7.31. The second-order valence-electron chi connectivity index (χ2n) is 5.45. The van der Waals surface area contributed by atoms with Crippen LogP contribution in [0.5, 0.6) is 0 Å². The molecule has 2 N–H and O–H groups in total. The van der Waals surface area contributed by atoms with Crippen LogP contribution >= 0.6 is 0 Å². The maximum atomic E-state index is 4.73. The third-order valence-corrected chi connectivity index (χ3v) is 4.11. The van der Waals surface area contributed by atoms with Gasteiger partial charge in [0, 0.05) is 25.6 Å². The Morgan fingerprint density at radius 3 is 2.78 bits per heavy atom. The average Bonchev–Trinajstić information content (AvgIpc) is 2.76. The molecule has 2 heterocycles. The smallest absolute Gasteiger partial charge is 0.244 e. The molecule has 0 bridgehead atoms. The molecule has 0 aromatic carbocycles. The van der Waals surface area contributed by atoms with E-state index in [0.717, 1.165) is 38.0 Å². The van der Waals surface area contributed by atoms with Gasteiger partial charge in [-0.25, -0.2) is 0 Å². The Hall–Kier alpha value is -1.10. The van der Waals surface area contributed by atoms with Crippen LogP contribution in [0.4, 0.5) is 5.95 Å². The summed E-state index contributed by atoms with van der Waals surface area (Å²) in [6, 6.07) is 0. The molecule has 0 spiro atoms. The Labute approximate surface area is 108 Å². The Morgan fingerprint density at radius 2 is 1.89 bits per heavy atom. The Balaban J connectivity index is 1.67. The molecule has 3 rings (SSSR count). The van der Waals surface area contributed by atoms with E-state index in [1.54, 1.807) is 0 Å². The van der Waals surface area contributed by atoms with Crippen LogP contribution < -0.4 is 10.2 Å². The van der Waals surface area contributed by atoms with Crippen LogP contribution in [0.1, 0.15) is 50.3 Å². The van der Waals surface area contributed by atoms with Crippen molar-refractivity contribution in [3.05, 3.63) is 5.82 Å². The molecule has 1 aromatic rings. The lowest BCUT2D eigenvalue weighted by Gasteiger charge is -2.19. The number of H-pyrrole nitrogens is 1. The molecular weight excluding hydrogens is 226 g/mol. The van der Waals surface area contributed by atoms with Crippen LogP contribution in [0.2, 0.25) is 0 Å². The molecule has 1 saturated heterocycles. The van der Waals surface area contributed by atoms with E-state index >= 15 is 0 Å². The molecule has 2 aliphatic rings. The summed E-state index contributed by atoms with van der Waals surface area (Å²) in [5, 5.41) is 11.0. The number of nitrogens with zero attached hydrogens (tertiary/aromatic N) is 3. The van der Waals surface area contributed by atoms with E-state index in [9.17, 15) is 0 Å². The maximum Gasteiger partial charge on any atom is 0.244 e. The van der Waals surface area contributed by atoms with Crippen molar-refractivity contribution in [2.24, 2.45) is 0 Å². The summed E-state index contributed by atoms with van der Waals surface area (Å²) in [5.74, 6) is 2.63. The third-order valence-electron chi connectivity index (χ3n) is 4.11. The van der Waals surface area contributed by atoms with Crippen molar-refractivity contribution >= 4 is 5.95 Å². The van der Waals surface area contributed by atoms with Crippen LogP contribution in [-0.4, -0.2) is 41.4 Å². The highest BCUT2D eigenvalue weighted by atomic mass is 15.4. The van der Waals surface area contributed by atoms with E-state index in [1.807, 2.05) is 0 Å². The zero-order valence-electron chi connectivity index (χ0n) is 11.0. The molecule has 5 nitrogen and oxygen atoms in total. The lowest BCUT2D eigenvalue weighted by molar-refractivity contribution is 0.429. The summed E-state index contributed by atoms with van der Waals surface area (Å²) >= 11 is 0. The second-order valence-corrected chi connectivity index (χ2v) is 5.45. The monoisotopic (exact) mass is 249 g/mol. The Morgan fingerprint density at radius 1 is 1.00 bits per heavy atom. The summed E-state index contributed by atoms with van der Waals surface area (Å²) in [6.07, 6.45) is 7.79. The molecule has 18 heavy (non-hydrogen) atoms. The number of hydrogen-bond donors (Lipinski definition) is 2. The molecule has 1 saturated carbocycles. The fourth-order valence-corrected chi connectivity index (χ4v) is 3.01. The highest BCUT2D eigenvalue weighted by molar-refractivity contribution is 5.29. The zero-order valence-corrected chi connectivity index (χ0v) is 11.0. The highest BCUT2D eigenvalue weighted by Gasteiger charge is 2.21. The van der Waals surface area contributed by atoms with Gasteiger partial charge in [0.1, 0.15) is 5.82 Å². The van der Waals surface area contributed by atoms with Crippen molar-refractivity contribution < 1.29 is 0 Å². The average molecular weight is 249 g/mol. The topological polar surface area (TPSA) is 56.8 Å². The lowest BCUT2D eigenvalue weighted by Crippen LogP contribution is -2.28. The summed E-state index contributed by atoms with van der Waals surface area (Å²) in [6.45, 7) is 4.22. The number of aromatic nitrogens is 3. The summed E-state index contributed by atoms with van der Waals surface area (Å²) in [5.41, 5.74) is 0. The van der Waals surface area contributed by atoms with Crippen molar-refractivity contribution in [1.29, 1.82) is 0 Å². The van der Waals surface area contributed by atoms with Crippen molar-refractivity contribution in [2.45, 2.75) is 44.4 Å². The van der Waals surface area contributed by atoms with Crippen LogP contribution in [0.15, 0.2) is 0 Å². The lowest BCUT2D eigenvalue weighted by atomic mass is 9.89. The molecule has 1 aliphatic heterocycles. The standard InChI is InChI=1S/C13H23N5/c1-2-5-11(6-3-1)12-15-13(17-16-12)18-9-4-7-14-8-10-18/h11,14H,1-10H2,(H,15,16,17). The quantitative estimate of drug-likeness (QED) is 0.837. The van der Waals surface area contributed by atoms with Gasteiger partial charge >= 0.3 is 0 Å². The molecule has 0 unspecified atom stereocenters. The minimum absolute atomic E-state index is 0.616. The van der Waals surface area contributed by atoms with Gasteiger partial charge < -0.3 is 10.2 Å². The van der Waals surface area contributed by atoms with Gasteiger partial charge in [0.05, 0.1) is 0 Å². The van der Waals surface area contributed by atoms with Crippen molar-refractivity contribution in [1.82, 2.24) is 20.5 Å². The molecular formula is C13H23N5. The van der Waals surface area contributed by atoms with Crippen LogP contribution in [0, 0.1) is 0 Å². The fourth-order valence-electron chi connectivity index (χ4n) is 3.01. The van der Waals surface area contributed by atoms with E-state index in [1.165, 1.54) is 38.5 Å². The molecule has 1 aliphatic carbocycles. The highest BCUT2D eigenvalue weighted by Crippen LogP contribution is 2.31. The third kappa shape index (κ3) is 2.66. The second kappa shape index (κ2) is 5.69. The van der Waals surface area contributed by atoms with Gasteiger partial charge in [0.2, 0.25) is 5.95 Å². The van der Waals surface area contributed by atoms with Crippen LogP contribution in [0.3, 0.4) is 0 Å². The summed E-state index contributed by atoms with van der Waals surface area (Å²) in [7, 11) is 0. The minimum Gasteiger partial charge on any atom is -0.338 e. The Bertz CT molecular complexity index is 361. The number of hydrogen-bond acceptors (Lipinski definition) is 4. The molecule has 0 amide bonds. The van der Waals surface area contributed by atoms with Gasteiger partial charge in [-0.3, -0.25) is 5.10 Å². The van der Waals surface area contributed by atoms with Crippen LogP contribution in [0.25, 0.3) is 0 Å². The first-order valence-electron chi connectivity index (χ1n) is 7.31. The van der Waals surface area contributed by atoms with E-state index in [2.05, 4.69) is 20.4 Å². The van der Waals surface area contributed by atoms with Crippen molar-refractivity contribution in [3.63, 3.8) is 0 Å². The van der Waals surface area contributed by atoms with E-state index in [-0.39, 0.29) is 0 Å². The van der Waals surface area contributed by atoms with E-state index in [4.69, 9.17) is 4.98 Å². The van der Waals surface area contributed by atoms with Crippen molar-refractivity contribution in [3.8, 4) is 0 Å². The van der Waals surface area contributed by atoms with E-state index in [0.29, 0.717) is 5.92 Å². The van der Waals surface area contributed by atoms with Gasteiger partial charge in [-0.05, 0) is 25.8 Å². The normalized spacial score (nSPS) is 23.0.